The van der Waals surface area contributed by atoms with Crippen molar-refractivity contribution in [1.82, 2.24) is 5.32 Å². The fraction of sp³-hybridized carbons (Fsp3) is 0.636. The molecule has 0 radical (unpaired) electrons. The summed E-state index contributed by atoms with van der Waals surface area (Å²) in [7, 11) is 0. The van der Waals surface area contributed by atoms with Gasteiger partial charge in [0.1, 0.15) is 0 Å². The molecule has 1 aliphatic carbocycles. The lowest BCUT2D eigenvalue weighted by Crippen LogP contribution is -2.46. The van der Waals surface area contributed by atoms with Gasteiger partial charge in [0.2, 0.25) is 11.8 Å². The van der Waals surface area contributed by atoms with Crippen molar-refractivity contribution in [3.63, 3.8) is 0 Å². The Balaban J connectivity index is 1.61. The number of rotatable bonds is 5. The van der Waals surface area contributed by atoms with Crippen LogP contribution in [0.5, 0.6) is 0 Å². The zero-order chi connectivity index (χ0) is 19.4. The van der Waals surface area contributed by atoms with Gasteiger partial charge in [-0.25, -0.2) is 0 Å². The highest BCUT2D eigenvalue weighted by molar-refractivity contribution is 6.02. The Hall–Kier alpha value is -1.88. The van der Waals surface area contributed by atoms with Crippen LogP contribution in [0.3, 0.4) is 0 Å². The molecular formula is C22H33N3O2. The van der Waals surface area contributed by atoms with Crippen molar-refractivity contribution in [1.29, 1.82) is 0 Å². The van der Waals surface area contributed by atoms with Gasteiger partial charge in [-0.15, -0.1) is 0 Å². The smallest absolute Gasteiger partial charge is 0.238 e. The Kier molecular flexibility index (Phi) is 6.20. The SMILES string of the molecule is CC(C)(C)C1CCCCC1NCC(=O)Nc1ccccc1N1CCCC1=O. The van der Waals surface area contributed by atoms with E-state index in [1.807, 2.05) is 24.3 Å². The van der Waals surface area contributed by atoms with E-state index < -0.39 is 0 Å². The first kappa shape index (κ1) is 19.9. The van der Waals surface area contributed by atoms with E-state index in [1.54, 1.807) is 4.90 Å². The molecule has 5 nitrogen and oxygen atoms in total. The van der Waals surface area contributed by atoms with Gasteiger partial charge in [0, 0.05) is 19.0 Å². The first-order valence-electron chi connectivity index (χ1n) is 10.3. The van der Waals surface area contributed by atoms with Crippen molar-refractivity contribution in [2.45, 2.75) is 65.3 Å². The van der Waals surface area contributed by atoms with E-state index in [-0.39, 0.29) is 17.2 Å². The molecule has 1 aromatic carbocycles. The average Bonchev–Trinajstić information content (AvgIpc) is 3.06. The number of hydrogen-bond acceptors (Lipinski definition) is 3. The lowest BCUT2D eigenvalue weighted by Gasteiger charge is -2.41. The van der Waals surface area contributed by atoms with E-state index in [2.05, 4.69) is 31.4 Å². The predicted octanol–water partition coefficient (Wildman–Crippen LogP) is 3.95. The van der Waals surface area contributed by atoms with E-state index in [0.29, 0.717) is 24.9 Å². The lowest BCUT2D eigenvalue weighted by atomic mass is 9.69. The van der Waals surface area contributed by atoms with E-state index in [4.69, 9.17) is 0 Å². The minimum Gasteiger partial charge on any atom is -0.323 e. The summed E-state index contributed by atoms with van der Waals surface area (Å²) in [6, 6.07) is 7.97. The Bertz CT molecular complexity index is 680. The lowest BCUT2D eigenvalue weighted by molar-refractivity contribution is -0.117. The molecule has 1 saturated carbocycles. The highest BCUT2D eigenvalue weighted by Gasteiger charge is 2.34. The second-order valence-corrected chi connectivity index (χ2v) is 8.96. The molecule has 3 rings (SSSR count). The highest BCUT2D eigenvalue weighted by atomic mass is 16.2. The molecule has 1 aliphatic heterocycles. The minimum absolute atomic E-state index is 0.0488. The Morgan fingerprint density at radius 2 is 1.89 bits per heavy atom. The number of carbonyl (C=O) groups is 2. The van der Waals surface area contributed by atoms with Gasteiger partial charge >= 0.3 is 0 Å². The average molecular weight is 372 g/mol. The molecule has 1 aromatic rings. The molecule has 2 aliphatic rings. The van der Waals surface area contributed by atoms with E-state index in [0.717, 1.165) is 30.8 Å². The summed E-state index contributed by atoms with van der Waals surface area (Å²) >= 11 is 0. The number of para-hydroxylation sites is 2. The summed E-state index contributed by atoms with van der Waals surface area (Å²) in [6.07, 6.45) is 6.32. The van der Waals surface area contributed by atoms with Crippen LogP contribution in [-0.2, 0) is 9.59 Å². The summed E-state index contributed by atoms with van der Waals surface area (Å²) < 4.78 is 0. The van der Waals surface area contributed by atoms with Crippen LogP contribution in [0.2, 0.25) is 0 Å². The van der Waals surface area contributed by atoms with Crippen LogP contribution in [0.4, 0.5) is 11.4 Å². The summed E-state index contributed by atoms with van der Waals surface area (Å²) in [4.78, 5) is 26.4. The van der Waals surface area contributed by atoms with Gasteiger partial charge in [0.15, 0.2) is 0 Å². The van der Waals surface area contributed by atoms with Crippen molar-refractivity contribution >= 4 is 23.2 Å². The maximum Gasteiger partial charge on any atom is 0.238 e. The maximum atomic E-state index is 12.6. The molecule has 148 valence electrons. The topological polar surface area (TPSA) is 61.4 Å². The normalized spacial score (nSPS) is 23.5. The summed E-state index contributed by atoms with van der Waals surface area (Å²) in [5.41, 5.74) is 1.77. The van der Waals surface area contributed by atoms with Gasteiger partial charge in [0.25, 0.3) is 0 Å². The first-order chi connectivity index (χ1) is 12.9. The second-order valence-electron chi connectivity index (χ2n) is 8.96. The molecule has 5 heteroatoms. The van der Waals surface area contributed by atoms with Gasteiger partial charge < -0.3 is 15.5 Å². The third-order valence-electron chi connectivity index (χ3n) is 5.95. The molecule has 1 saturated heterocycles. The van der Waals surface area contributed by atoms with Crippen molar-refractivity contribution in [3.05, 3.63) is 24.3 Å². The Labute approximate surface area is 162 Å². The largest absolute Gasteiger partial charge is 0.323 e. The fourth-order valence-corrected chi connectivity index (χ4v) is 4.55. The number of nitrogens with one attached hydrogen (secondary N) is 2. The van der Waals surface area contributed by atoms with Crippen LogP contribution in [0.1, 0.15) is 59.3 Å². The van der Waals surface area contributed by atoms with Crippen molar-refractivity contribution in [2.24, 2.45) is 11.3 Å². The van der Waals surface area contributed by atoms with E-state index >= 15 is 0 Å². The molecule has 2 amide bonds. The van der Waals surface area contributed by atoms with Crippen molar-refractivity contribution in [3.8, 4) is 0 Å². The standard InChI is InChI=1S/C22H33N3O2/c1-22(2,3)16-9-4-5-10-17(16)23-15-20(26)24-18-11-6-7-12-19(18)25-14-8-13-21(25)27/h6-7,11-12,16-17,23H,4-5,8-10,13-15H2,1-3H3,(H,24,26). The quantitative estimate of drug-likeness (QED) is 0.824. The predicted molar refractivity (Wildman–Crippen MR) is 110 cm³/mol. The summed E-state index contributed by atoms with van der Waals surface area (Å²) in [5, 5.41) is 6.51. The molecular weight excluding hydrogens is 338 g/mol. The molecule has 2 unspecified atom stereocenters. The molecule has 1 heterocycles. The first-order valence-corrected chi connectivity index (χ1v) is 10.3. The number of hydrogen-bond donors (Lipinski definition) is 2. The summed E-state index contributed by atoms with van der Waals surface area (Å²) in [5.74, 6) is 0.672. The van der Waals surface area contributed by atoms with Crippen LogP contribution in [-0.4, -0.2) is 30.9 Å². The Morgan fingerprint density at radius 3 is 2.59 bits per heavy atom. The molecule has 2 fully saturated rings. The van der Waals surface area contributed by atoms with Gasteiger partial charge in [-0.3, -0.25) is 9.59 Å². The minimum atomic E-state index is -0.0488. The van der Waals surface area contributed by atoms with Crippen LogP contribution >= 0.6 is 0 Å². The van der Waals surface area contributed by atoms with Crippen LogP contribution in [0.15, 0.2) is 24.3 Å². The molecule has 0 spiro atoms. The number of anilines is 2. The third kappa shape index (κ3) is 4.89. The zero-order valence-corrected chi connectivity index (χ0v) is 16.9. The van der Waals surface area contributed by atoms with Crippen molar-refractivity contribution in [2.75, 3.05) is 23.3 Å². The molecule has 2 N–H and O–H groups in total. The van der Waals surface area contributed by atoms with Gasteiger partial charge in [-0.2, -0.15) is 0 Å². The van der Waals surface area contributed by atoms with Crippen LogP contribution in [0, 0.1) is 11.3 Å². The monoisotopic (exact) mass is 371 g/mol. The fourth-order valence-electron chi connectivity index (χ4n) is 4.55. The molecule has 0 aromatic heterocycles. The third-order valence-corrected chi connectivity index (χ3v) is 5.95. The number of carbonyl (C=O) groups excluding carboxylic acids is 2. The molecule has 0 bridgehead atoms. The second kappa shape index (κ2) is 8.42. The Morgan fingerprint density at radius 1 is 1.15 bits per heavy atom. The number of benzene rings is 1. The van der Waals surface area contributed by atoms with Gasteiger partial charge in [-0.1, -0.05) is 45.7 Å². The zero-order valence-electron chi connectivity index (χ0n) is 16.9. The van der Waals surface area contributed by atoms with Crippen molar-refractivity contribution < 1.29 is 9.59 Å². The molecule has 27 heavy (non-hydrogen) atoms. The highest BCUT2D eigenvalue weighted by Crippen LogP contribution is 2.38. The number of nitrogens with zero attached hydrogens (tertiary/aromatic N) is 1. The van der Waals surface area contributed by atoms with E-state index in [1.165, 1.54) is 19.3 Å². The summed E-state index contributed by atoms with van der Waals surface area (Å²) in [6.45, 7) is 7.90. The van der Waals surface area contributed by atoms with E-state index in [9.17, 15) is 9.59 Å². The van der Waals surface area contributed by atoms with Crippen LogP contribution < -0.4 is 15.5 Å². The van der Waals surface area contributed by atoms with Gasteiger partial charge in [0.05, 0.1) is 17.9 Å². The maximum absolute atomic E-state index is 12.6. The van der Waals surface area contributed by atoms with Crippen LogP contribution in [0.25, 0.3) is 0 Å². The number of amides is 2. The molecule has 2 atom stereocenters. The van der Waals surface area contributed by atoms with Gasteiger partial charge in [-0.05, 0) is 42.7 Å².